The van der Waals surface area contributed by atoms with E-state index in [1.54, 1.807) is 6.07 Å². The lowest BCUT2D eigenvalue weighted by molar-refractivity contribution is -0.116. The zero-order valence-corrected chi connectivity index (χ0v) is 14.5. The first-order valence-corrected chi connectivity index (χ1v) is 8.08. The van der Waals surface area contributed by atoms with Gasteiger partial charge in [0.05, 0.1) is 6.54 Å². The SMILES string of the molecule is CCc1ccccc1NC(=O)CN(C)C(=O)c1ccc(OC(F)F)cc1. The van der Waals surface area contributed by atoms with Crippen molar-refractivity contribution in [2.75, 3.05) is 18.9 Å². The number of ether oxygens (including phenoxy) is 1. The molecule has 26 heavy (non-hydrogen) atoms. The Hall–Kier alpha value is -2.96. The standard InChI is InChI=1S/C19H20F2N2O3/c1-3-13-6-4-5-7-16(13)22-17(24)12-23(2)18(25)14-8-10-15(11-9-14)26-19(20)21/h4-11,19H,3,12H2,1-2H3,(H,22,24). The van der Waals surface area contributed by atoms with Crippen LogP contribution in [0.5, 0.6) is 5.75 Å². The van der Waals surface area contributed by atoms with Crippen molar-refractivity contribution in [3.63, 3.8) is 0 Å². The molecule has 2 rings (SSSR count). The fourth-order valence-electron chi connectivity index (χ4n) is 2.43. The highest BCUT2D eigenvalue weighted by Gasteiger charge is 2.16. The molecule has 0 bridgehead atoms. The Labute approximate surface area is 150 Å². The number of nitrogens with one attached hydrogen (secondary N) is 1. The molecule has 0 saturated heterocycles. The van der Waals surface area contributed by atoms with Gasteiger partial charge in [0.25, 0.3) is 5.91 Å². The summed E-state index contributed by atoms with van der Waals surface area (Å²) in [6, 6.07) is 12.8. The molecule has 7 heteroatoms. The molecule has 2 aromatic carbocycles. The molecule has 138 valence electrons. The van der Waals surface area contributed by atoms with E-state index in [2.05, 4.69) is 10.1 Å². The minimum absolute atomic E-state index is 0.0341. The first-order valence-electron chi connectivity index (χ1n) is 8.08. The number of halogens is 2. The lowest BCUT2D eigenvalue weighted by Crippen LogP contribution is -2.35. The second-order valence-electron chi connectivity index (χ2n) is 5.62. The smallest absolute Gasteiger partial charge is 0.387 e. The highest BCUT2D eigenvalue weighted by molar-refractivity contribution is 5.99. The minimum Gasteiger partial charge on any atom is -0.435 e. The third-order valence-electron chi connectivity index (χ3n) is 3.73. The van der Waals surface area contributed by atoms with E-state index < -0.39 is 12.5 Å². The Balaban J connectivity index is 1.96. The maximum Gasteiger partial charge on any atom is 0.387 e. The molecule has 0 saturated carbocycles. The molecule has 2 amide bonds. The van der Waals surface area contributed by atoms with Gasteiger partial charge in [-0.25, -0.2) is 0 Å². The predicted molar refractivity (Wildman–Crippen MR) is 94.5 cm³/mol. The number of carbonyl (C=O) groups is 2. The van der Waals surface area contributed by atoms with E-state index in [1.165, 1.54) is 36.2 Å². The highest BCUT2D eigenvalue weighted by atomic mass is 19.3. The van der Waals surface area contributed by atoms with Crippen molar-refractivity contribution in [2.24, 2.45) is 0 Å². The summed E-state index contributed by atoms with van der Waals surface area (Å²) in [4.78, 5) is 25.8. The first-order chi connectivity index (χ1) is 12.4. The van der Waals surface area contributed by atoms with E-state index in [4.69, 9.17) is 0 Å². The van der Waals surface area contributed by atoms with Gasteiger partial charge in [-0.3, -0.25) is 9.59 Å². The summed E-state index contributed by atoms with van der Waals surface area (Å²) in [7, 11) is 1.50. The molecule has 0 spiro atoms. The van der Waals surface area contributed by atoms with Gasteiger partial charge in [-0.2, -0.15) is 8.78 Å². The predicted octanol–water partition coefficient (Wildman–Crippen LogP) is 3.56. The maximum absolute atomic E-state index is 12.3. The number of likely N-dealkylation sites (N-methyl/N-ethyl adjacent to an activating group) is 1. The number of benzene rings is 2. The number of rotatable bonds is 7. The molecule has 0 fully saturated rings. The summed E-state index contributed by atoms with van der Waals surface area (Å²) in [5.41, 5.74) is 2.00. The Bertz CT molecular complexity index is 764. The fourth-order valence-corrected chi connectivity index (χ4v) is 2.43. The van der Waals surface area contributed by atoms with Crippen LogP contribution in [-0.2, 0) is 11.2 Å². The largest absolute Gasteiger partial charge is 0.435 e. The van der Waals surface area contributed by atoms with Crippen LogP contribution in [0.2, 0.25) is 0 Å². The zero-order valence-electron chi connectivity index (χ0n) is 14.5. The number of anilines is 1. The van der Waals surface area contributed by atoms with Crippen molar-refractivity contribution in [1.82, 2.24) is 4.90 Å². The van der Waals surface area contributed by atoms with Crippen molar-refractivity contribution in [2.45, 2.75) is 20.0 Å². The lowest BCUT2D eigenvalue weighted by Gasteiger charge is -2.18. The maximum atomic E-state index is 12.3. The second-order valence-corrected chi connectivity index (χ2v) is 5.62. The van der Waals surface area contributed by atoms with Crippen LogP contribution in [0.25, 0.3) is 0 Å². The number of para-hydroxylation sites is 1. The second kappa shape index (κ2) is 8.94. The monoisotopic (exact) mass is 362 g/mol. The summed E-state index contributed by atoms with van der Waals surface area (Å²) in [6.07, 6.45) is 0.776. The Morgan fingerprint density at radius 2 is 1.77 bits per heavy atom. The van der Waals surface area contributed by atoms with Crippen LogP contribution in [0.1, 0.15) is 22.8 Å². The van der Waals surface area contributed by atoms with Gasteiger partial charge >= 0.3 is 6.61 Å². The van der Waals surface area contributed by atoms with Crippen molar-refractivity contribution >= 4 is 17.5 Å². The molecule has 0 atom stereocenters. The molecule has 0 aliphatic heterocycles. The molecular weight excluding hydrogens is 342 g/mol. The number of aryl methyl sites for hydroxylation is 1. The van der Waals surface area contributed by atoms with Gasteiger partial charge in [0.2, 0.25) is 5.91 Å². The van der Waals surface area contributed by atoms with Gasteiger partial charge in [-0.1, -0.05) is 25.1 Å². The fraction of sp³-hybridized carbons (Fsp3) is 0.263. The summed E-state index contributed by atoms with van der Waals surface area (Å²) < 4.78 is 28.5. The Kier molecular flexibility index (Phi) is 6.66. The Morgan fingerprint density at radius 1 is 1.12 bits per heavy atom. The van der Waals surface area contributed by atoms with Gasteiger partial charge in [-0.05, 0) is 42.3 Å². The van der Waals surface area contributed by atoms with Crippen molar-refractivity contribution < 1.29 is 23.1 Å². The topological polar surface area (TPSA) is 58.6 Å². The molecule has 0 radical (unpaired) electrons. The van der Waals surface area contributed by atoms with Gasteiger partial charge in [-0.15, -0.1) is 0 Å². The summed E-state index contributed by atoms with van der Waals surface area (Å²) in [5.74, 6) is -0.750. The number of carbonyl (C=O) groups excluding carboxylic acids is 2. The molecule has 0 aliphatic carbocycles. The normalized spacial score (nSPS) is 10.5. The summed E-state index contributed by atoms with van der Waals surface area (Å²) in [5, 5.41) is 2.79. The van der Waals surface area contributed by atoms with Gasteiger partial charge in [0, 0.05) is 18.3 Å². The average molecular weight is 362 g/mol. The van der Waals surface area contributed by atoms with Crippen LogP contribution < -0.4 is 10.1 Å². The highest BCUT2D eigenvalue weighted by Crippen LogP contribution is 2.17. The van der Waals surface area contributed by atoms with E-state index >= 15 is 0 Å². The van der Waals surface area contributed by atoms with Crippen LogP contribution in [0.15, 0.2) is 48.5 Å². The van der Waals surface area contributed by atoms with Crippen molar-refractivity contribution in [3.05, 3.63) is 59.7 Å². The van der Waals surface area contributed by atoms with Crippen LogP contribution >= 0.6 is 0 Å². The van der Waals surface area contributed by atoms with Gasteiger partial charge in [0.1, 0.15) is 5.75 Å². The quantitative estimate of drug-likeness (QED) is 0.819. The molecular formula is C19H20F2N2O3. The summed E-state index contributed by atoms with van der Waals surface area (Å²) >= 11 is 0. The van der Waals surface area contributed by atoms with Crippen LogP contribution in [0, 0.1) is 0 Å². The molecule has 1 N–H and O–H groups in total. The zero-order chi connectivity index (χ0) is 19.1. The molecule has 0 heterocycles. The lowest BCUT2D eigenvalue weighted by atomic mass is 10.1. The van der Waals surface area contributed by atoms with Gasteiger partial charge < -0.3 is 15.0 Å². The number of alkyl halides is 2. The summed E-state index contributed by atoms with van der Waals surface area (Å²) in [6.45, 7) is -1.07. The third-order valence-corrected chi connectivity index (χ3v) is 3.73. The molecule has 5 nitrogen and oxygen atoms in total. The van der Waals surface area contributed by atoms with E-state index in [-0.39, 0.29) is 23.8 Å². The van der Waals surface area contributed by atoms with E-state index in [9.17, 15) is 18.4 Å². The van der Waals surface area contributed by atoms with Crippen molar-refractivity contribution in [1.29, 1.82) is 0 Å². The van der Waals surface area contributed by atoms with E-state index in [0.29, 0.717) is 5.69 Å². The van der Waals surface area contributed by atoms with Crippen molar-refractivity contribution in [3.8, 4) is 5.75 Å². The number of nitrogens with zero attached hydrogens (tertiary/aromatic N) is 1. The third kappa shape index (κ3) is 5.27. The molecule has 0 unspecified atom stereocenters. The van der Waals surface area contributed by atoms with E-state index in [0.717, 1.165) is 12.0 Å². The molecule has 0 aromatic heterocycles. The molecule has 2 aromatic rings. The first kappa shape index (κ1) is 19.4. The molecule has 0 aliphatic rings. The van der Waals surface area contributed by atoms with Crippen LogP contribution in [0.4, 0.5) is 14.5 Å². The minimum atomic E-state index is -2.92. The van der Waals surface area contributed by atoms with Crippen LogP contribution in [0.3, 0.4) is 0 Å². The number of hydrogen-bond donors (Lipinski definition) is 1. The van der Waals surface area contributed by atoms with Gasteiger partial charge in [0.15, 0.2) is 0 Å². The Morgan fingerprint density at radius 3 is 2.38 bits per heavy atom. The number of hydrogen-bond acceptors (Lipinski definition) is 3. The number of amides is 2. The van der Waals surface area contributed by atoms with Crippen LogP contribution in [-0.4, -0.2) is 36.9 Å². The average Bonchev–Trinajstić information content (AvgIpc) is 2.61. The van der Waals surface area contributed by atoms with E-state index in [1.807, 2.05) is 25.1 Å².